The highest BCUT2D eigenvalue weighted by molar-refractivity contribution is 6.31. The average Bonchev–Trinajstić information content (AvgIpc) is 3.07. The fourth-order valence-electron chi connectivity index (χ4n) is 3.31. The minimum Gasteiger partial charge on any atom is -0.422 e. The van der Waals surface area contributed by atoms with Gasteiger partial charge in [0.15, 0.2) is 5.69 Å². The topological polar surface area (TPSA) is 76.9 Å². The molecule has 2 heterocycles. The highest BCUT2D eigenvalue weighted by atomic mass is 35.5. The zero-order valence-electron chi connectivity index (χ0n) is 14.6. The molecule has 1 aliphatic heterocycles. The van der Waals surface area contributed by atoms with Gasteiger partial charge in [-0.05, 0) is 23.8 Å². The summed E-state index contributed by atoms with van der Waals surface area (Å²) in [5.41, 5.74) is 4.94. The van der Waals surface area contributed by atoms with Crippen LogP contribution in [0.15, 0.2) is 66.1 Å². The molecule has 2 N–H and O–H groups in total. The van der Waals surface area contributed by atoms with Crippen LogP contribution in [0.25, 0.3) is 5.69 Å². The van der Waals surface area contributed by atoms with Gasteiger partial charge in [-0.1, -0.05) is 48.0 Å². The smallest absolute Gasteiger partial charge is 0.422 e. The third-order valence-corrected chi connectivity index (χ3v) is 4.88. The second-order valence-electron chi connectivity index (χ2n) is 6.26. The molecule has 1 aliphatic rings. The Kier molecular flexibility index (Phi) is 4.47. The van der Waals surface area contributed by atoms with Crippen LogP contribution in [0, 0.1) is 11.3 Å². The molecule has 29 heavy (non-hydrogen) atoms. The Morgan fingerprint density at radius 1 is 1.10 bits per heavy atom. The molecule has 1 atom stereocenters. The van der Waals surface area contributed by atoms with E-state index >= 15 is 0 Å². The van der Waals surface area contributed by atoms with E-state index in [0.717, 1.165) is 4.68 Å². The number of hydrogen-bond acceptors (Lipinski definition) is 4. The van der Waals surface area contributed by atoms with E-state index in [0.29, 0.717) is 11.3 Å². The second kappa shape index (κ2) is 6.87. The maximum Gasteiger partial charge on any atom is 0.435 e. The van der Waals surface area contributed by atoms with E-state index in [-0.39, 0.29) is 27.9 Å². The lowest BCUT2D eigenvalue weighted by Crippen LogP contribution is -2.23. The number of allylic oxidation sites excluding steroid dienone is 1. The van der Waals surface area contributed by atoms with Crippen molar-refractivity contribution >= 4 is 11.6 Å². The molecule has 1 aromatic heterocycles. The minimum atomic E-state index is -4.79. The summed E-state index contributed by atoms with van der Waals surface area (Å²) in [6.07, 6.45) is -4.79. The van der Waals surface area contributed by atoms with Crippen LogP contribution in [0.4, 0.5) is 13.2 Å². The average molecular weight is 417 g/mol. The van der Waals surface area contributed by atoms with Crippen molar-refractivity contribution in [3.05, 3.63) is 87.9 Å². The fourth-order valence-corrected chi connectivity index (χ4v) is 3.56. The quantitative estimate of drug-likeness (QED) is 0.653. The summed E-state index contributed by atoms with van der Waals surface area (Å²) < 4.78 is 48.3. The molecule has 9 heteroatoms. The molecule has 0 aliphatic carbocycles. The Bertz CT molecular complexity index is 1160. The molecule has 4 rings (SSSR count). The molecule has 0 fully saturated rings. The van der Waals surface area contributed by atoms with Crippen molar-refractivity contribution in [3.63, 3.8) is 0 Å². The molecule has 0 amide bonds. The predicted octanol–water partition coefficient (Wildman–Crippen LogP) is 4.76. The summed E-state index contributed by atoms with van der Waals surface area (Å²) in [6.45, 7) is 0. The predicted molar refractivity (Wildman–Crippen MR) is 99.3 cm³/mol. The lowest BCUT2D eigenvalue weighted by molar-refractivity contribution is -0.142. The third-order valence-electron chi connectivity index (χ3n) is 4.53. The first-order valence-corrected chi connectivity index (χ1v) is 8.78. The summed E-state index contributed by atoms with van der Waals surface area (Å²) >= 11 is 6.26. The number of alkyl halides is 3. The first-order valence-electron chi connectivity index (χ1n) is 8.40. The van der Waals surface area contributed by atoms with Gasteiger partial charge in [0.1, 0.15) is 11.6 Å². The van der Waals surface area contributed by atoms with Crippen LogP contribution in [-0.2, 0) is 6.18 Å². The van der Waals surface area contributed by atoms with Gasteiger partial charge in [-0.3, -0.25) is 0 Å². The van der Waals surface area contributed by atoms with Crippen LogP contribution < -0.4 is 10.5 Å². The molecule has 0 saturated carbocycles. The fraction of sp³-hybridized carbons (Fsp3) is 0.100. The molecule has 2 aromatic carbocycles. The lowest BCUT2D eigenvalue weighted by atomic mass is 9.84. The summed E-state index contributed by atoms with van der Waals surface area (Å²) in [6, 6.07) is 16.4. The van der Waals surface area contributed by atoms with Crippen LogP contribution in [0.2, 0.25) is 5.02 Å². The van der Waals surface area contributed by atoms with Gasteiger partial charge in [0.05, 0.1) is 17.2 Å². The molecule has 3 aromatic rings. The number of para-hydroxylation sites is 1. The Balaban J connectivity index is 2.07. The van der Waals surface area contributed by atoms with Crippen LogP contribution in [0.3, 0.4) is 0 Å². The molecule has 0 bridgehead atoms. The van der Waals surface area contributed by atoms with Gasteiger partial charge >= 0.3 is 6.18 Å². The molecular formula is C20H12ClF3N4O. The monoisotopic (exact) mass is 416 g/mol. The zero-order valence-corrected chi connectivity index (χ0v) is 15.4. The minimum absolute atomic E-state index is 0.163. The summed E-state index contributed by atoms with van der Waals surface area (Å²) in [4.78, 5) is 0. The number of ether oxygens (including phenoxy) is 1. The second-order valence-corrected chi connectivity index (χ2v) is 6.67. The lowest BCUT2D eigenvalue weighted by Gasteiger charge is -2.26. The van der Waals surface area contributed by atoms with Crippen molar-refractivity contribution in [3.8, 4) is 17.6 Å². The number of halogens is 4. The van der Waals surface area contributed by atoms with Gasteiger partial charge in [0, 0.05) is 5.02 Å². The highest BCUT2D eigenvalue weighted by Gasteiger charge is 2.46. The summed E-state index contributed by atoms with van der Waals surface area (Å²) in [5, 5.41) is 13.6. The van der Waals surface area contributed by atoms with Crippen molar-refractivity contribution in [2.24, 2.45) is 5.73 Å². The molecule has 146 valence electrons. The Morgan fingerprint density at radius 3 is 2.38 bits per heavy atom. The Labute approximate surface area is 168 Å². The third kappa shape index (κ3) is 3.09. The van der Waals surface area contributed by atoms with Crippen molar-refractivity contribution < 1.29 is 17.9 Å². The maximum atomic E-state index is 13.9. The molecular weight excluding hydrogens is 405 g/mol. The Hall–Kier alpha value is -3.44. The van der Waals surface area contributed by atoms with Gasteiger partial charge < -0.3 is 10.5 Å². The van der Waals surface area contributed by atoms with E-state index in [1.807, 2.05) is 6.07 Å². The highest BCUT2D eigenvalue weighted by Crippen LogP contribution is 2.49. The molecule has 5 nitrogen and oxygen atoms in total. The molecule has 0 spiro atoms. The number of fused-ring (bicyclic) bond motifs is 1. The van der Waals surface area contributed by atoms with Crippen LogP contribution >= 0.6 is 11.6 Å². The standard InChI is InChI=1S/C20H12ClF3N4O/c21-14-9-5-4-8-12(14)15-13(10-25)18(26)29-19-16(15)17(20(22,23)24)27-28(19)11-6-2-1-3-7-11/h1-9,15H,26H2/t15-/m0/s1. The molecule has 0 saturated heterocycles. The van der Waals surface area contributed by atoms with E-state index in [4.69, 9.17) is 22.1 Å². The normalized spacial score (nSPS) is 16.2. The summed E-state index contributed by atoms with van der Waals surface area (Å²) in [5.74, 6) is -1.67. The van der Waals surface area contributed by atoms with Gasteiger partial charge in [-0.2, -0.15) is 28.2 Å². The maximum absolute atomic E-state index is 13.9. The van der Waals surface area contributed by atoms with Gasteiger partial charge in [0.2, 0.25) is 11.8 Å². The number of hydrogen-bond donors (Lipinski definition) is 1. The number of rotatable bonds is 2. The largest absolute Gasteiger partial charge is 0.435 e. The van der Waals surface area contributed by atoms with Gasteiger partial charge in [0.25, 0.3) is 0 Å². The van der Waals surface area contributed by atoms with Crippen molar-refractivity contribution in [2.45, 2.75) is 12.1 Å². The van der Waals surface area contributed by atoms with Crippen molar-refractivity contribution in [1.29, 1.82) is 5.26 Å². The number of benzene rings is 2. The van der Waals surface area contributed by atoms with Crippen LogP contribution in [0.5, 0.6) is 5.88 Å². The molecule has 0 unspecified atom stereocenters. The van der Waals surface area contributed by atoms with E-state index in [1.54, 1.807) is 48.5 Å². The van der Waals surface area contributed by atoms with Gasteiger partial charge in [-0.15, -0.1) is 0 Å². The first-order chi connectivity index (χ1) is 13.8. The Morgan fingerprint density at radius 2 is 1.76 bits per heavy atom. The SMILES string of the molecule is N#CC1=C(N)Oc2c(c(C(F)(F)F)nn2-c2ccccc2)[C@H]1c1ccccc1Cl. The first kappa shape index (κ1) is 18.9. The van der Waals surface area contributed by atoms with Gasteiger partial charge in [-0.25, -0.2) is 0 Å². The van der Waals surface area contributed by atoms with Crippen molar-refractivity contribution in [2.75, 3.05) is 0 Å². The van der Waals surface area contributed by atoms with Crippen LogP contribution in [-0.4, -0.2) is 9.78 Å². The van der Waals surface area contributed by atoms with E-state index in [9.17, 15) is 18.4 Å². The van der Waals surface area contributed by atoms with Crippen molar-refractivity contribution in [1.82, 2.24) is 9.78 Å². The summed E-state index contributed by atoms with van der Waals surface area (Å²) in [7, 11) is 0. The molecule has 0 radical (unpaired) electrons. The number of nitrogens with two attached hydrogens (primary N) is 1. The number of aromatic nitrogens is 2. The van der Waals surface area contributed by atoms with E-state index < -0.39 is 17.8 Å². The number of nitriles is 1. The van der Waals surface area contributed by atoms with E-state index in [2.05, 4.69) is 5.10 Å². The van der Waals surface area contributed by atoms with Crippen LogP contribution in [0.1, 0.15) is 22.7 Å². The van der Waals surface area contributed by atoms with E-state index in [1.165, 1.54) is 6.07 Å². The zero-order chi connectivity index (χ0) is 20.8. The number of nitrogens with zero attached hydrogens (tertiary/aromatic N) is 3.